The summed E-state index contributed by atoms with van der Waals surface area (Å²) in [6.45, 7) is 2.44. The molecule has 6 nitrogen and oxygen atoms in total. The van der Waals surface area contributed by atoms with Gasteiger partial charge in [-0.2, -0.15) is 0 Å². The number of hydrogen-bond acceptors (Lipinski definition) is 6. The van der Waals surface area contributed by atoms with E-state index in [1.807, 2.05) is 0 Å². The molecule has 0 amide bonds. The zero-order chi connectivity index (χ0) is 16.5. The van der Waals surface area contributed by atoms with E-state index in [0.29, 0.717) is 6.54 Å². The number of aliphatic hydroxyl groups excluding tert-OH is 1. The Morgan fingerprint density at radius 3 is 2.96 bits per heavy atom. The average Bonchev–Trinajstić information content (AvgIpc) is 3.06. The van der Waals surface area contributed by atoms with Crippen molar-refractivity contribution in [1.29, 1.82) is 0 Å². The minimum Gasteiger partial charge on any atom is -0.463 e. The maximum Gasteiger partial charge on any atom is 0.302 e. The first-order chi connectivity index (χ1) is 11.6. The topological polar surface area (TPSA) is 68.2 Å². The van der Waals surface area contributed by atoms with Crippen LogP contribution in [0.25, 0.3) is 0 Å². The first-order valence-corrected chi connectivity index (χ1v) is 8.61. The van der Waals surface area contributed by atoms with Crippen molar-refractivity contribution in [2.45, 2.75) is 62.9 Å². The van der Waals surface area contributed by atoms with E-state index in [1.54, 1.807) is 0 Å². The van der Waals surface area contributed by atoms with Crippen LogP contribution in [0.3, 0.4) is 0 Å². The largest absolute Gasteiger partial charge is 0.463 e. The van der Waals surface area contributed by atoms with Gasteiger partial charge in [0.25, 0.3) is 0 Å². The van der Waals surface area contributed by atoms with E-state index in [2.05, 4.69) is 17.0 Å². The predicted molar refractivity (Wildman–Crippen MR) is 83.6 cm³/mol. The highest BCUT2D eigenvalue weighted by molar-refractivity contribution is 5.66. The molecule has 2 bridgehead atoms. The van der Waals surface area contributed by atoms with Gasteiger partial charge in [-0.25, -0.2) is 0 Å². The van der Waals surface area contributed by atoms with Crippen LogP contribution >= 0.6 is 0 Å². The summed E-state index contributed by atoms with van der Waals surface area (Å²) in [4.78, 5) is 13.5. The molecule has 1 N–H and O–H groups in total. The Labute approximate surface area is 140 Å². The number of nitrogens with zero attached hydrogens (tertiary/aromatic N) is 1. The third-order valence-electron chi connectivity index (χ3n) is 6.19. The fourth-order valence-electron chi connectivity index (χ4n) is 5.28. The van der Waals surface area contributed by atoms with Crippen molar-refractivity contribution in [2.75, 3.05) is 6.79 Å². The summed E-state index contributed by atoms with van der Waals surface area (Å²) in [5, 5.41) is 10.6. The van der Waals surface area contributed by atoms with E-state index in [0.717, 1.165) is 37.2 Å². The van der Waals surface area contributed by atoms with E-state index in [1.165, 1.54) is 18.1 Å². The third kappa shape index (κ3) is 1.87. The normalized spacial score (nSPS) is 38.4. The van der Waals surface area contributed by atoms with Crippen molar-refractivity contribution in [3.63, 3.8) is 0 Å². The predicted octanol–water partition coefficient (Wildman–Crippen LogP) is 1.67. The molecule has 5 rings (SSSR count). The van der Waals surface area contributed by atoms with Crippen LogP contribution in [0.15, 0.2) is 12.1 Å². The van der Waals surface area contributed by atoms with Crippen molar-refractivity contribution < 1.29 is 24.1 Å². The molecular weight excluding hydrogens is 310 g/mol. The minimum absolute atomic E-state index is 0.0519. The van der Waals surface area contributed by atoms with E-state index in [4.69, 9.17) is 14.2 Å². The molecule has 2 fully saturated rings. The Hall–Kier alpha value is -1.79. The molecule has 128 valence electrons. The zero-order valence-corrected chi connectivity index (χ0v) is 13.7. The van der Waals surface area contributed by atoms with Gasteiger partial charge in [-0.05, 0) is 42.5 Å². The smallest absolute Gasteiger partial charge is 0.302 e. The quantitative estimate of drug-likeness (QED) is 0.790. The van der Waals surface area contributed by atoms with Gasteiger partial charge >= 0.3 is 5.97 Å². The summed E-state index contributed by atoms with van der Waals surface area (Å²) in [6.07, 6.45) is 2.77. The molecule has 1 aromatic rings. The highest BCUT2D eigenvalue weighted by atomic mass is 16.7. The van der Waals surface area contributed by atoms with Crippen LogP contribution in [0.5, 0.6) is 11.5 Å². The minimum atomic E-state index is -0.449. The number of carbonyl (C=O) groups excluding carboxylic acids is 1. The molecule has 5 atom stereocenters. The van der Waals surface area contributed by atoms with Crippen molar-refractivity contribution >= 4 is 5.97 Å². The highest BCUT2D eigenvalue weighted by Gasteiger charge is 2.58. The monoisotopic (exact) mass is 331 g/mol. The second-order valence-corrected chi connectivity index (χ2v) is 7.40. The molecule has 6 heteroatoms. The summed E-state index contributed by atoms with van der Waals surface area (Å²) < 4.78 is 16.6. The number of carbonyl (C=O) groups is 1. The van der Waals surface area contributed by atoms with Crippen molar-refractivity contribution in [3.8, 4) is 11.5 Å². The molecule has 1 aromatic carbocycles. The van der Waals surface area contributed by atoms with Crippen molar-refractivity contribution in [3.05, 3.63) is 23.3 Å². The SMILES string of the molecule is CC(=O)O[C@@H]1CC[C@]23CC(O)N(Cc4cc5c(cc42)OCO5)[C@@H]3C1. The van der Waals surface area contributed by atoms with Gasteiger partial charge in [-0.3, -0.25) is 9.69 Å². The summed E-state index contributed by atoms with van der Waals surface area (Å²) in [7, 11) is 0. The highest BCUT2D eigenvalue weighted by Crippen LogP contribution is 2.57. The lowest BCUT2D eigenvalue weighted by atomic mass is 9.63. The van der Waals surface area contributed by atoms with E-state index >= 15 is 0 Å². The summed E-state index contributed by atoms with van der Waals surface area (Å²) in [5.74, 6) is 1.38. The van der Waals surface area contributed by atoms with Gasteiger partial charge in [0.2, 0.25) is 6.79 Å². The lowest BCUT2D eigenvalue weighted by molar-refractivity contribution is -0.149. The molecule has 0 radical (unpaired) electrons. The Morgan fingerprint density at radius 1 is 1.38 bits per heavy atom. The van der Waals surface area contributed by atoms with Gasteiger partial charge in [-0.15, -0.1) is 0 Å². The van der Waals surface area contributed by atoms with Gasteiger partial charge < -0.3 is 19.3 Å². The number of rotatable bonds is 1. The van der Waals surface area contributed by atoms with E-state index < -0.39 is 6.23 Å². The Morgan fingerprint density at radius 2 is 2.17 bits per heavy atom. The van der Waals surface area contributed by atoms with Gasteiger partial charge in [-0.1, -0.05) is 0 Å². The Bertz CT molecular complexity index is 720. The summed E-state index contributed by atoms with van der Waals surface area (Å²) in [6, 6.07) is 4.39. The molecule has 24 heavy (non-hydrogen) atoms. The molecule has 1 saturated heterocycles. The van der Waals surface area contributed by atoms with E-state index in [-0.39, 0.29) is 30.3 Å². The number of esters is 1. The van der Waals surface area contributed by atoms with Gasteiger partial charge in [0.15, 0.2) is 11.5 Å². The lowest BCUT2D eigenvalue weighted by Gasteiger charge is -2.48. The zero-order valence-electron chi connectivity index (χ0n) is 13.7. The number of hydrogen-bond donors (Lipinski definition) is 1. The van der Waals surface area contributed by atoms with Crippen LogP contribution in [0.4, 0.5) is 0 Å². The van der Waals surface area contributed by atoms with Crippen LogP contribution in [-0.4, -0.2) is 41.1 Å². The van der Waals surface area contributed by atoms with Crippen LogP contribution in [-0.2, 0) is 21.5 Å². The van der Waals surface area contributed by atoms with Crippen LogP contribution in [0, 0.1) is 0 Å². The fraction of sp³-hybridized carbons (Fsp3) is 0.611. The number of fused-ring (bicyclic) bond motifs is 2. The first kappa shape index (κ1) is 14.5. The van der Waals surface area contributed by atoms with Crippen LogP contribution in [0.2, 0.25) is 0 Å². The standard InChI is InChI=1S/C18H21NO5/c1-10(20)24-12-2-3-18-7-17(21)19(16(18)5-12)8-11-4-14-15(6-13(11)18)23-9-22-14/h4,6,12,16-17,21H,2-3,5,7-9H2,1H3/t12-,16-,17?,18+/m1/s1. The van der Waals surface area contributed by atoms with Gasteiger partial charge in [0, 0.05) is 31.3 Å². The van der Waals surface area contributed by atoms with Crippen molar-refractivity contribution in [1.82, 2.24) is 4.90 Å². The van der Waals surface area contributed by atoms with Gasteiger partial charge in [0.1, 0.15) is 12.3 Å². The third-order valence-corrected chi connectivity index (χ3v) is 6.19. The molecule has 3 heterocycles. The van der Waals surface area contributed by atoms with Crippen LogP contribution in [0.1, 0.15) is 43.7 Å². The fourth-order valence-corrected chi connectivity index (χ4v) is 5.28. The second kappa shape index (κ2) is 4.86. The molecule has 0 spiro atoms. The molecule has 4 aliphatic rings. The maximum absolute atomic E-state index is 11.3. The van der Waals surface area contributed by atoms with Gasteiger partial charge in [0.05, 0.1) is 0 Å². The number of ether oxygens (including phenoxy) is 3. The van der Waals surface area contributed by atoms with Crippen LogP contribution < -0.4 is 9.47 Å². The summed E-state index contributed by atoms with van der Waals surface area (Å²) >= 11 is 0. The summed E-state index contributed by atoms with van der Waals surface area (Å²) in [5.41, 5.74) is 2.42. The number of aliphatic hydroxyl groups is 1. The Kier molecular flexibility index (Phi) is 2.95. The Balaban J connectivity index is 1.56. The molecule has 1 saturated carbocycles. The van der Waals surface area contributed by atoms with Crippen molar-refractivity contribution in [2.24, 2.45) is 0 Å². The average molecular weight is 331 g/mol. The molecular formula is C18H21NO5. The molecule has 0 aromatic heterocycles. The first-order valence-electron chi connectivity index (χ1n) is 8.61. The molecule has 1 aliphatic carbocycles. The lowest BCUT2D eigenvalue weighted by Crippen LogP contribution is -2.52. The molecule has 3 aliphatic heterocycles. The molecule has 2 unspecified atom stereocenters. The maximum atomic E-state index is 11.3. The second-order valence-electron chi connectivity index (χ2n) is 7.40. The number of benzene rings is 1. The van der Waals surface area contributed by atoms with E-state index in [9.17, 15) is 9.90 Å².